The maximum absolute atomic E-state index is 13.5. The molecule has 1 amide bonds. The van der Waals surface area contributed by atoms with Crippen LogP contribution in [0.2, 0.25) is 0 Å². The lowest BCUT2D eigenvalue weighted by Gasteiger charge is -2.33. The van der Waals surface area contributed by atoms with E-state index in [4.69, 9.17) is 0 Å². The third-order valence-electron chi connectivity index (χ3n) is 3.45. The molecule has 0 aromatic rings. The fraction of sp³-hybridized carbons (Fsp3) is 0.938. The zero-order valence-corrected chi connectivity index (χ0v) is 14.1. The summed E-state index contributed by atoms with van der Waals surface area (Å²) in [6.45, 7) is 15.1. The zero-order chi connectivity index (χ0) is 15.5. The van der Waals surface area contributed by atoms with Gasteiger partial charge in [-0.3, -0.25) is 4.79 Å². The topological polar surface area (TPSA) is 20.3 Å². The first-order valence-corrected chi connectivity index (χ1v) is 7.98. The van der Waals surface area contributed by atoms with Crippen molar-refractivity contribution in [3.8, 4) is 0 Å². The average molecular weight is 275 g/mol. The molecule has 0 bridgehead atoms. The molecule has 0 heterocycles. The number of rotatable bonds is 3. The summed E-state index contributed by atoms with van der Waals surface area (Å²) in [4.78, 5) is 13.8. The van der Waals surface area contributed by atoms with Crippen LogP contribution in [-0.2, 0) is 4.79 Å². The van der Waals surface area contributed by atoms with E-state index in [1.54, 1.807) is 6.92 Å². The Morgan fingerprint density at radius 1 is 1.11 bits per heavy atom. The van der Waals surface area contributed by atoms with Gasteiger partial charge in [0.2, 0.25) is 5.91 Å². The molecular weight excluding hydrogens is 241 g/mol. The Labute approximate surface area is 119 Å². The predicted octanol–water partition coefficient (Wildman–Crippen LogP) is 4.83. The van der Waals surface area contributed by atoms with Crippen LogP contribution in [0, 0.1) is 5.92 Å². The molecule has 1 saturated carbocycles. The fourth-order valence-corrected chi connectivity index (χ4v) is 2.26. The molecule has 1 aliphatic rings. The van der Waals surface area contributed by atoms with Gasteiger partial charge in [0.1, 0.15) is 5.67 Å². The monoisotopic (exact) mass is 275 g/mol. The van der Waals surface area contributed by atoms with E-state index in [0.29, 0.717) is 25.7 Å². The van der Waals surface area contributed by atoms with Gasteiger partial charge in [-0.2, -0.15) is 0 Å². The molecule has 2 nitrogen and oxygen atoms in total. The van der Waals surface area contributed by atoms with Crippen molar-refractivity contribution in [2.24, 2.45) is 5.92 Å². The molecule has 3 heteroatoms. The molecule has 0 aromatic carbocycles. The Morgan fingerprint density at radius 3 is 1.79 bits per heavy atom. The Morgan fingerprint density at radius 2 is 1.47 bits per heavy atom. The van der Waals surface area contributed by atoms with E-state index < -0.39 is 5.67 Å². The average Bonchev–Trinajstić information content (AvgIpc) is 2.44. The molecule has 19 heavy (non-hydrogen) atoms. The summed E-state index contributed by atoms with van der Waals surface area (Å²) in [7, 11) is 0. The molecule has 0 atom stereocenters. The van der Waals surface area contributed by atoms with Gasteiger partial charge in [0.15, 0.2) is 0 Å². The van der Waals surface area contributed by atoms with Crippen LogP contribution < -0.4 is 0 Å². The molecular formula is C16H34FNO. The molecule has 0 unspecified atom stereocenters. The highest BCUT2D eigenvalue weighted by Gasteiger charge is 2.34. The first-order chi connectivity index (χ1) is 9.00. The summed E-state index contributed by atoms with van der Waals surface area (Å²) < 4.78 is 13.5. The van der Waals surface area contributed by atoms with Crippen molar-refractivity contribution in [1.82, 2.24) is 4.90 Å². The fourth-order valence-electron chi connectivity index (χ4n) is 2.26. The van der Waals surface area contributed by atoms with Crippen LogP contribution in [0.5, 0.6) is 0 Å². The number of carbonyl (C=O) groups excluding carboxylic acids is 1. The van der Waals surface area contributed by atoms with Gasteiger partial charge in [0.05, 0.1) is 0 Å². The molecule has 1 aliphatic carbocycles. The minimum Gasteiger partial charge on any atom is -0.343 e. The normalized spacial score (nSPS) is 25.4. The van der Waals surface area contributed by atoms with Crippen molar-refractivity contribution < 1.29 is 9.18 Å². The van der Waals surface area contributed by atoms with Gasteiger partial charge >= 0.3 is 0 Å². The molecule has 1 rings (SSSR count). The van der Waals surface area contributed by atoms with Crippen molar-refractivity contribution in [2.75, 3.05) is 13.1 Å². The van der Waals surface area contributed by atoms with Gasteiger partial charge in [-0.05, 0) is 46.5 Å². The second-order valence-electron chi connectivity index (χ2n) is 4.70. The van der Waals surface area contributed by atoms with Crippen molar-refractivity contribution in [3.63, 3.8) is 0 Å². The van der Waals surface area contributed by atoms with Crippen LogP contribution in [0.15, 0.2) is 0 Å². The Kier molecular flexibility index (Phi) is 12.3. The number of halogens is 1. The van der Waals surface area contributed by atoms with Gasteiger partial charge in [-0.15, -0.1) is 0 Å². The predicted molar refractivity (Wildman–Crippen MR) is 82.1 cm³/mol. The van der Waals surface area contributed by atoms with Gasteiger partial charge in [0, 0.05) is 19.0 Å². The Balaban J connectivity index is 0. The molecule has 0 aliphatic heterocycles. The van der Waals surface area contributed by atoms with Gasteiger partial charge in [-0.1, -0.05) is 27.7 Å². The minimum absolute atomic E-state index is 0.0636. The third kappa shape index (κ3) is 7.54. The van der Waals surface area contributed by atoms with Gasteiger partial charge < -0.3 is 4.90 Å². The van der Waals surface area contributed by atoms with Crippen LogP contribution in [0.1, 0.15) is 74.1 Å². The highest BCUT2D eigenvalue weighted by molar-refractivity contribution is 5.78. The number of hydrogen-bond donors (Lipinski definition) is 0. The Hall–Kier alpha value is -0.600. The molecule has 0 aromatic heterocycles. The first kappa shape index (κ1) is 20.7. The highest BCUT2D eigenvalue weighted by atomic mass is 19.1. The smallest absolute Gasteiger partial charge is 0.225 e. The maximum Gasteiger partial charge on any atom is 0.225 e. The van der Waals surface area contributed by atoms with Crippen LogP contribution in [0.3, 0.4) is 0 Å². The summed E-state index contributed by atoms with van der Waals surface area (Å²) >= 11 is 0. The largest absolute Gasteiger partial charge is 0.343 e. The van der Waals surface area contributed by atoms with E-state index in [0.717, 1.165) is 13.1 Å². The van der Waals surface area contributed by atoms with Crippen LogP contribution >= 0.6 is 0 Å². The summed E-state index contributed by atoms with van der Waals surface area (Å²) in [5, 5.41) is 0. The van der Waals surface area contributed by atoms with Gasteiger partial charge in [0.25, 0.3) is 0 Å². The standard InChI is InChI=1S/C12H22FNO.2C2H6/c1-4-14(5-2)11(15)10-6-8-12(3,13)9-7-10;2*1-2/h10H,4-9H2,1-3H3;2*1-2H3. The van der Waals surface area contributed by atoms with E-state index in [9.17, 15) is 9.18 Å². The van der Waals surface area contributed by atoms with Crippen molar-refractivity contribution in [2.45, 2.75) is 79.8 Å². The zero-order valence-electron chi connectivity index (χ0n) is 14.1. The summed E-state index contributed by atoms with van der Waals surface area (Å²) in [6.07, 6.45) is 2.49. The van der Waals surface area contributed by atoms with E-state index in [1.165, 1.54) is 0 Å². The lowest BCUT2D eigenvalue weighted by Crippen LogP contribution is -2.39. The van der Waals surface area contributed by atoms with E-state index in [1.807, 2.05) is 46.4 Å². The number of amides is 1. The lowest BCUT2D eigenvalue weighted by atomic mass is 9.80. The number of nitrogens with zero attached hydrogens (tertiary/aromatic N) is 1. The van der Waals surface area contributed by atoms with Crippen LogP contribution in [-0.4, -0.2) is 29.6 Å². The number of carbonyl (C=O) groups is 1. The van der Waals surface area contributed by atoms with Crippen molar-refractivity contribution in [1.29, 1.82) is 0 Å². The quantitative estimate of drug-likeness (QED) is 0.722. The molecule has 0 spiro atoms. The maximum atomic E-state index is 13.5. The SMILES string of the molecule is CC.CC.CCN(CC)C(=O)C1CCC(C)(F)CC1. The first-order valence-electron chi connectivity index (χ1n) is 7.98. The molecule has 116 valence electrons. The summed E-state index contributed by atoms with van der Waals surface area (Å²) in [5.41, 5.74) is -1.04. The summed E-state index contributed by atoms with van der Waals surface area (Å²) in [6, 6.07) is 0. The second-order valence-corrected chi connectivity index (χ2v) is 4.70. The van der Waals surface area contributed by atoms with Crippen molar-refractivity contribution in [3.05, 3.63) is 0 Å². The molecule has 0 N–H and O–H groups in total. The number of alkyl halides is 1. The van der Waals surface area contributed by atoms with E-state index in [2.05, 4.69) is 0 Å². The summed E-state index contributed by atoms with van der Waals surface area (Å²) in [5.74, 6) is 0.282. The molecule has 0 radical (unpaired) electrons. The van der Waals surface area contributed by atoms with Crippen LogP contribution in [0.4, 0.5) is 4.39 Å². The second kappa shape index (κ2) is 11.2. The highest BCUT2D eigenvalue weighted by Crippen LogP contribution is 2.35. The molecule has 0 saturated heterocycles. The van der Waals surface area contributed by atoms with Crippen LogP contribution in [0.25, 0.3) is 0 Å². The third-order valence-corrected chi connectivity index (χ3v) is 3.45. The molecule has 1 fully saturated rings. The van der Waals surface area contributed by atoms with Crippen molar-refractivity contribution >= 4 is 5.91 Å². The van der Waals surface area contributed by atoms with E-state index >= 15 is 0 Å². The van der Waals surface area contributed by atoms with Gasteiger partial charge in [-0.25, -0.2) is 4.39 Å². The van der Waals surface area contributed by atoms with E-state index in [-0.39, 0.29) is 11.8 Å². The minimum atomic E-state index is -1.04. The lowest BCUT2D eigenvalue weighted by molar-refractivity contribution is -0.137. The Bertz CT molecular complexity index is 215. The number of hydrogen-bond acceptors (Lipinski definition) is 1.